The number of fused-ring (bicyclic) bond motifs is 1. The van der Waals surface area contributed by atoms with E-state index in [9.17, 15) is 14.7 Å². The van der Waals surface area contributed by atoms with Crippen molar-refractivity contribution in [2.45, 2.75) is 12.5 Å². The number of hydrogen-bond donors (Lipinski definition) is 3. The molecule has 0 spiro atoms. The van der Waals surface area contributed by atoms with Crippen LogP contribution in [0.15, 0.2) is 42.5 Å². The SMILES string of the molecule is CN(C)C(=O)c1ccc(OCCNCC(O)COc2cccc3c2CC(=O)N3)cc1. The molecule has 1 atom stereocenters. The quantitative estimate of drug-likeness (QED) is 0.508. The number of benzene rings is 2. The first-order chi connectivity index (χ1) is 14.4. The number of nitrogens with one attached hydrogen (secondary N) is 2. The first-order valence-electron chi connectivity index (χ1n) is 9.82. The molecule has 2 aromatic rings. The number of aliphatic hydroxyl groups is 1. The number of carbonyl (C=O) groups excluding carboxylic acids is 2. The molecule has 3 rings (SSSR count). The van der Waals surface area contributed by atoms with Gasteiger partial charge in [-0.25, -0.2) is 0 Å². The van der Waals surface area contributed by atoms with Crippen molar-refractivity contribution in [1.29, 1.82) is 0 Å². The molecule has 8 heteroatoms. The molecule has 160 valence electrons. The van der Waals surface area contributed by atoms with Gasteiger partial charge in [0.2, 0.25) is 5.91 Å². The maximum Gasteiger partial charge on any atom is 0.253 e. The Hall–Kier alpha value is -3.10. The normalized spacial score (nSPS) is 13.4. The van der Waals surface area contributed by atoms with Crippen molar-refractivity contribution in [3.63, 3.8) is 0 Å². The van der Waals surface area contributed by atoms with Gasteiger partial charge in [-0.15, -0.1) is 0 Å². The van der Waals surface area contributed by atoms with E-state index in [0.29, 0.717) is 43.2 Å². The molecule has 1 heterocycles. The summed E-state index contributed by atoms with van der Waals surface area (Å²) in [6.07, 6.45) is -0.399. The van der Waals surface area contributed by atoms with Crippen molar-refractivity contribution in [3.8, 4) is 11.5 Å². The molecule has 0 radical (unpaired) electrons. The van der Waals surface area contributed by atoms with E-state index in [2.05, 4.69) is 10.6 Å². The highest BCUT2D eigenvalue weighted by atomic mass is 16.5. The third-order valence-electron chi connectivity index (χ3n) is 4.61. The van der Waals surface area contributed by atoms with Crippen LogP contribution in [0.1, 0.15) is 15.9 Å². The lowest BCUT2D eigenvalue weighted by Crippen LogP contribution is -2.33. The van der Waals surface area contributed by atoms with E-state index in [1.54, 1.807) is 44.4 Å². The van der Waals surface area contributed by atoms with Crippen LogP contribution in [0.4, 0.5) is 5.69 Å². The summed E-state index contributed by atoms with van der Waals surface area (Å²) in [6, 6.07) is 12.4. The Labute approximate surface area is 175 Å². The summed E-state index contributed by atoms with van der Waals surface area (Å²) < 4.78 is 11.3. The molecule has 1 aliphatic rings. The molecular formula is C22H27N3O5. The number of nitrogens with zero attached hydrogens (tertiary/aromatic N) is 1. The van der Waals surface area contributed by atoms with Gasteiger partial charge in [0.25, 0.3) is 5.91 Å². The van der Waals surface area contributed by atoms with Gasteiger partial charge in [-0.2, -0.15) is 0 Å². The lowest BCUT2D eigenvalue weighted by Gasteiger charge is -2.15. The second-order valence-corrected chi connectivity index (χ2v) is 7.25. The van der Waals surface area contributed by atoms with Gasteiger partial charge < -0.3 is 30.1 Å². The third-order valence-corrected chi connectivity index (χ3v) is 4.61. The molecule has 0 bridgehead atoms. The van der Waals surface area contributed by atoms with Crippen LogP contribution in [0.5, 0.6) is 11.5 Å². The van der Waals surface area contributed by atoms with Crippen LogP contribution in [-0.2, 0) is 11.2 Å². The average molecular weight is 413 g/mol. The number of carbonyl (C=O) groups is 2. The van der Waals surface area contributed by atoms with Gasteiger partial charge in [0.1, 0.15) is 30.8 Å². The molecule has 30 heavy (non-hydrogen) atoms. The monoisotopic (exact) mass is 413 g/mol. The van der Waals surface area contributed by atoms with Crippen LogP contribution in [0, 0.1) is 0 Å². The average Bonchev–Trinajstić information content (AvgIpc) is 3.12. The molecule has 1 aliphatic heterocycles. The first kappa shape index (κ1) is 21.6. The van der Waals surface area contributed by atoms with E-state index in [1.165, 1.54) is 4.90 Å². The van der Waals surface area contributed by atoms with E-state index in [1.807, 2.05) is 12.1 Å². The molecule has 3 N–H and O–H groups in total. The Balaban J connectivity index is 1.33. The van der Waals surface area contributed by atoms with Crippen LogP contribution in [0.3, 0.4) is 0 Å². The van der Waals surface area contributed by atoms with Gasteiger partial charge >= 0.3 is 0 Å². The number of hydrogen-bond acceptors (Lipinski definition) is 6. The topological polar surface area (TPSA) is 100 Å². The van der Waals surface area contributed by atoms with Crippen molar-refractivity contribution in [2.75, 3.05) is 45.7 Å². The molecule has 0 saturated carbocycles. The van der Waals surface area contributed by atoms with Crippen molar-refractivity contribution in [2.24, 2.45) is 0 Å². The van der Waals surface area contributed by atoms with E-state index in [4.69, 9.17) is 9.47 Å². The predicted molar refractivity (Wildman–Crippen MR) is 113 cm³/mol. The largest absolute Gasteiger partial charge is 0.492 e. The van der Waals surface area contributed by atoms with Gasteiger partial charge in [-0.1, -0.05) is 6.07 Å². The Morgan fingerprint density at radius 3 is 2.70 bits per heavy atom. The van der Waals surface area contributed by atoms with Gasteiger partial charge in [0.05, 0.1) is 6.42 Å². The fourth-order valence-corrected chi connectivity index (χ4v) is 3.06. The highest BCUT2D eigenvalue weighted by molar-refractivity contribution is 6.00. The number of amides is 2. The molecular weight excluding hydrogens is 386 g/mol. The number of rotatable bonds is 10. The minimum absolute atomic E-state index is 0.0530. The van der Waals surface area contributed by atoms with E-state index >= 15 is 0 Å². The van der Waals surface area contributed by atoms with Crippen molar-refractivity contribution >= 4 is 17.5 Å². The van der Waals surface area contributed by atoms with Gasteiger partial charge in [0.15, 0.2) is 0 Å². The second-order valence-electron chi connectivity index (χ2n) is 7.25. The summed E-state index contributed by atoms with van der Waals surface area (Å²) >= 11 is 0. The van der Waals surface area contributed by atoms with Gasteiger partial charge in [-0.05, 0) is 36.4 Å². The molecule has 1 unspecified atom stereocenters. The Morgan fingerprint density at radius 2 is 1.97 bits per heavy atom. The van der Waals surface area contributed by atoms with Crippen molar-refractivity contribution in [1.82, 2.24) is 10.2 Å². The summed E-state index contributed by atoms with van der Waals surface area (Å²) in [5.41, 5.74) is 2.20. The molecule has 8 nitrogen and oxygen atoms in total. The van der Waals surface area contributed by atoms with Crippen LogP contribution in [0.2, 0.25) is 0 Å². The predicted octanol–water partition coefficient (Wildman–Crippen LogP) is 1.29. The minimum atomic E-state index is -0.692. The molecule has 0 aliphatic carbocycles. The lowest BCUT2D eigenvalue weighted by atomic mass is 10.1. The third kappa shape index (κ3) is 5.71. The zero-order valence-corrected chi connectivity index (χ0v) is 17.2. The summed E-state index contributed by atoms with van der Waals surface area (Å²) in [7, 11) is 3.42. The molecule has 2 aromatic carbocycles. The molecule has 2 amide bonds. The smallest absolute Gasteiger partial charge is 0.253 e. The van der Waals surface area contributed by atoms with E-state index in [-0.39, 0.29) is 18.4 Å². The maximum absolute atomic E-state index is 11.9. The van der Waals surface area contributed by atoms with E-state index < -0.39 is 6.10 Å². The first-order valence-corrected chi connectivity index (χ1v) is 9.82. The number of ether oxygens (including phenoxy) is 2. The van der Waals surface area contributed by atoms with Crippen molar-refractivity contribution in [3.05, 3.63) is 53.6 Å². The molecule has 0 fully saturated rings. The number of anilines is 1. The zero-order chi connectivity index (χ0) is 21.5. The zero-order valence-electron chi connectivity index (χ0n) is 17.2. The Morgan fingerprint density at radius 1 is 1.20 bits per heavy atom. The second kappa shape index (κ2) is 10.1. The lowest BCUT2D eigenvalue weighted by molar-refractivity contribution is -0.115. The summed E-state index contributed by atoms with van der Waals surface area (Å²) in [6.45, 7) is 1.45. The standard InChI is InChI=1S/C22H27N3O5/c1-25(2)22(28)15-6-8-17(9-7-15)29-11-10-23-13-16(26)14-30-20-5-3-4-19-18(20)12-21(27)24-19/h3-9,16,23,26H,10-14H2,1-2H3,(H,24,27). The summed E-state index contributed by atoms with van der Waals surface area (Å²) in [5.74, 6) is 1.19. The summed E-state index contributed by atoms with van der Waals surface area (Å²) in [5, 5.41) is 16.0. The van der Waals surface area contributed by atoms with Crippen LogP contribution < -0.4 is 20.1 Å². The fourth-order valence-electron chi connectivity index (χ4n) is 3.06. The summed E-state index contributed by atoms with van der Waals surface area (Å²) in [4.78, 5) is 24.9. The molecule has 0 aromatic heterocycles. The highest BCUT2D eigenvalue weighted by Gasteiger charge is 2.21. The number of aliphatic hydroxyl groups excluding tert-OH is 1. The minimum Gasteiger partial charge on any atom is -0.492 e. The van der Waals surface area contributed by atoms with E-state index in [0.717, 1.165) is 11.3 Å². The highest BCUT2D eigenvalue weighted by Crippen LogP contribution is 2.31. The molecule has 0 saturated heterocycles. The van der Waals surface area contributed by atoms with Gasteiger partial charge in [0, 0.05) is 44.0 Å². The maximum atomic E-state index is 11.9. The fraction of sp³-hybridized carbons (Fsp3) is 0.364. The van der Waals surface area contributed by atoms with Crippen LogP contribution in [0.25, 0.3) is 0 Å². The van der Waals surface area contributed by atoms with Crippen molar-refractivity contribution < 1.29 is 24.2 Å². The Kier molecular flexibility index (Phi) is 7.26. The van der Waals surface area contributed by atoms with Crippen LogP contribution in [-0.4, -0.2) is 68.3 Å². The van der Waals surface area contributed by atoms with Gasteiger partial charge in [-0.3, -0.25) is 9.59 Å². The Bertz CT molecular complexity index is 883. The van der Waals surface area contributed by atoms with Crippen LogP contribution >= 0.6 is 0 Å².